The largest absolute Gasteiger partial charge is 0.264 e. The summed E-state index contributed by atoms with van der Waals surface area (Å²) in [6.45, 7) is 0. The summed E-state index contributed by atoms with van der Waals surface area (Å²) >= 11 is 0. The Morgan fingerprint density at radius 3 is 2.11 bits per heavy atom. The van der Waals surface area contributed by atoms with Crippen LogP contribution in [0.2, 0.25) is 0 Å². The lowest BCUT2D eigenvalue weighted by atomic mass is 10.3. The van der Waals surface area contributed by atoms with E-state index in [1.54, 1.807) is 0 Å². The molecule has 0 radical (unpaired) electrons. The molecule has 0 aliphatic carbocycles. The highest BCUT2D eigenvalue weighted by Crippen LogP contribution is 2.17. The van der Waals surface area contributed by atoms with Crippen LogP contribution in [0.4, 0.5) is 5.69 Å². The number of benzene rings is 1. The average Bonchev–Trinajstić information content (AvgIpc) is 2.31. The van der Waals surface area contributed by atoms with Gasteiger partial charge < -0.3 is 0 Å². The summed E-state index contributed by atoms with van der Waals surface area (Å²) in [5.74, 6) is 0. The van der Waals surface area contributed by atoms with Crippen LogP contribution in [0.5, 0.6) is 0 Å². The van der Waals surface area contributed by atoms with Gasteiger partial charge in [0, 0.05) is 9.43 Å². The fourth-order valence-corrected chi connectivity index (χ4v) is 1.51. The molecule has 1 aromatic rings. The fraction of sp³-hybridized carbons (Fsp3) is 0. The van der Waals surface area contributed by atoms with Crippen molar-refractivity contribution in [1.29, 1.82) is 5.41 Å². The van der Waals surface area contributed by atoms with Crippen LogP contribution in [0.3, 0.4) is 0 Å². The molecule has 18 heavy (non-hydrogen) atoms. The summed E-state index contributed by atoms with van der Waals surface area (Å²) in [6.07, 6.45) is 2.06. The van der Waals surface area contributed by atoms with E-state index in [9.17, 15) is 13.2 Å². The third-order valence-electron chi connectivity index (χ3n) is 1.45. The molecule has 0 atom stereocenters. The first-order chi connectivity index (χ1) is 8.51. The first kappa shape index (κ1) is 15.2. The quantitative estimate of drug-likeness (QED) is 0.290. The number of nitrogens with zero attached hydrogens (tertiary/aromatic N) is 4. The number of rotatable bonds is 3. The van der Waals surface area contributed by atoms with Crippen LogP contribution < -0.4 is 0 Å². The van der Waals surface area contributed by atoms with Gasteiger partial charge >= 0.3 is 0 Å². The molecular weight excluding hydrogens is 262 g/mol. The molecule has 0 heterocycles. The van der Waals surface area contributed by atoms with Gasteiger partial charge in [-0.15, -0.1) is 0 Å². The number of hydrogen-bond donors (Lipinski definition) is 1. The Labute approximate surface area is 101 Å². The van der Waals surface area contributed by atoms with Crippen molar-refractivity contribution >= 4 is 27.9 Å². The summed E-state index contributed by atoms with van der Waals surface area (Å²) in [6, 6.07) is 4.95. The number of sulfonamides is 1. The van der Waals surface area contributed by atoms with Gasteiger partial charge in [-0.1, -0.05) is 0 Å². The predicted octanol–water partition coefficient (Wildman–Crippen LogP) is 1.55. The molecule has 9 nitrogen and oxygen atoms in total. The van der Waals surface area contributed by atoms with Gasteiger partial charge in [-0.05, 0) is 29.8 Å². The van der Waals surface area contributed by atoms with Crippen molar-refractivity contribution in [3.63, 3.8) is 0 Å². The van der Waals surface area contributed by atoms with Crippen molar-refractivity contribution in [3.05, 3.63) is 34.7 Å². The lowest BCUT2D eigenvalue weighted by molar-refractivity contribution is 0.562. The maximum Gasteiger partial charge on any atom is 0.264 e. The molecule has 0 fully saturated rings. The number of hydrogen-bond acceptors (Lipinski definition) is 6. The third kappa shape index (κ3) is 4.84. The highest BCUT2D eigenvalue weighted by molar-refractivity contribution is 7.90. The summed E-state index contributed by atoms with van der Waals surface area (Å²) in [4.78, 5) is 23.5. The topological polar surface area (TPSA) is 153 Å². The van der Waals surface area contributed by atoms with E-state index in [4.69, 9.17) is 15.7 Å². The van der Waals surface area contributed by atoms with Crippen LogP contribution in [0, 0.1) is 5.41 Å². The van der Waals surface area contributed by atoms with Crippen LogP contribution in [0.25, 0.3) is 10.4 Å². The molecule has 0 aliphatic heterocycles. The van der Waals surface area contributed by atoms with Crippen LogP contribution in [-0.4, -0.2) is 20.6 Å². The summed E-state index contributed by atoms with van der Waals surface area (Å²) in [7, 11) is -3.97. The normalized spacial score (nSPS) is 8.67. The molecular formula is C8H5N5O4S. The van der Waals surface area contributed by atoms with Crippen LogP contribution in [0.1, 0.15) is 0 Å². The Morgan fingerprint density at radius 1 is 1.22 bits per heavy atom. The summed E-state index contributed by atoms with van der Waals surface area (Å²) in [5, 5.41) is 5.40. The van der Waals surface area contributed by atoms with Gasteiger partial charge in [-0.25, -0.2) is 23.4 Å². The molecule has 92 valence electrons. The van der Waals surface area contributed by atoms with Crippen LogP contribution in [-0.2, 0) is 19.6 Å². The summed E-state index contributed by atoms with van der Waals surface area (Å²) < 4.78 is 25.0. The molecule has 0 saturated heterocycles. The molecule has 0 bridgehead atoms. The van der Waals surface area contributed by atoms with Crippen molar-refractivity contribution < 1.29 is 18.0 Å². The zero-order chi connectivity index (χ0) is 14.0. The van der Waals surface area contributed by atoms with Gasteiger partial charge in [-0.3, -0.25) is 0 Å². The Kier molecular flexibility index (Phi) is 6.35. The average molecular weight is 267 g/mol. The van der Waals surface area contributed by atoms with Crippen molar-refractivity contribution in [1.82, 2.24) is 0 Å². The Balaban J connectivity index is 0.000000873. The standard InChI is InChI=1S/C7H4N4O3S.CHNO/c8-10-11-15(13,14)7-3-1-6(2-4-7)9-5-12;2-1-3/h1-4H;2H. The molecule has 1 aromatic carbocycles. The Morgan fingerprint density at radius 2 is 1.72 bits per heavy atom. The van der Waals surface area contributed by atoms with E-state index in [1.807, 2.05) is 0 Å². The van der Waals surface area contributed by atoms with Crippen molar-refractivity contribution in [3.8, 4) is 0 Å². The molecule has 1 rings (SSSR count). The van der Waals surface area contributed by atoms with Gasteiger partial charge in [-0.2, -0.15) is 4.99 Å². The molecule has 1 N–H and O–H groups in total. The zero-order valence-electron chi connectivity index (χ0n) is 8.64. The second-order valence-electron chi connectivity index (χ2n) is 2.45. The predicted molar refractivity (Wildman–Crippen MR) is 59.0 cm³/mol. The fourth-order valence-electron chi connectivity index (χ4n) is 0.841. The first-order valence-electron chi connectivity index (χ1n) is 4.05. The molecule has 0 aromatic heterocycles. The highest BCUT2D eigenvalue weighted by Gasteiger charge is 2.10. The monoisotopic (exact) mass is 267 g/mol. The molecule has 0 spiro atoms. The molecule has 0 amide bonds. The van der Waals surface area contributed by atoms with E-state index in [1.165, 1.54) is 30.3 Å². The number of azide groups is 1. The Bertz CT molecular complexity index is 633. The van der Waals surface area contributed by atoms with E-state index in [0.717, 1.165) is 6.08 Å². The lowest BCUT2D eigenvalue weighted by Gasteiger charge is -1.96. The van der Waals surface area contributed by atoms with Gasteiger partial charge in [0.15, 0.2) is 0 Å². The molecule has 10 heteroatoms. The van der Waals surface area contributed by atoms with Gasteiger partial charge in [0.05, 0.1) is 10.6 Å². The lowest BCUT2D eigenvalue weighted by Crippen LogP contribution is -1.93. The summed E-state index contributed by atoms with van der Waals surface area (Å²) in [5.41, 5.74) is 8.28. The number of nitrogens with one attached hydrogen (secondary N) is 1. The van der Waals surface area contributed by atoms with Crippen LogP contribution >= 0.6 is 0 Å². The van der Waals surface area contributed by atoms with Crippen molar-refractivity contribution in [2.75, 3.05) is 0 Å². The minimum absolute atomic E-state index is 0.162. The third-order valence-corrected chi connectivity index (χ3v) is 2.61. The number of aliphatic imine (C=N–C) groups is 1. The Hall–Kier alpha value is -2.76. The van der Waals surface area contributed by atoms with E-state index < -0.39 is 10.0 Å². The van der Waals surface area contributed by atoms with E-state index in [0.29, 0.717) is 0 Å². The second-order valence-corrected chi connectivity index (χ2v) is 4.03. The molecule has 0 unspecified atom stereocenters. The SMILES string of the molecule is N=C=O.[N-]=[N+]=NS(=O)(=O)c1ccc(N=C=O)cc1. The van der Waals surface area contributed by atoms with Crippen LogP contribution in [0.15, 0.2) is 38.7 Å². The minimum atomic E-state index is -3.97. The van der Waals surface area contributed by atoms with E-state index in [2.05, 4.69) is 14.4 Å². The van der Waals surface area contributed by atoms with E-state index in [-0.39, 0.29) is 10.6 Å². The molecule has 0 aliphatic rings. The zero-order valence-corrected chi connectivity index (χ0v) is 9.46. The maximum absolute atomic E-state index is 11.2. The number of isocyanates is 2. The first-order valence-corrected chi connectivity index (χ1v) is 5.49. The van der Waals surface area contributed by atoms with Crippen molar-refractivity contribution in [2.24, 2.45) is 9.51 Å². The van der Waals surface area contributed by atoms with Gasteiger partial charge in [0.2, 0.25) is 12.2 Å². The number of carbonyl (C=O) groups excluding carboxylic acids is 2. The van der Waals surface area contributed by atoms with Gasteiger partial charge in [0.1, 0.15) is 0 Å². The van der Waals surface area contributed by atoms with Crippen molar-refractivity contribution in [2.45, 2.75) is 4.90 Å². The molecule has 0 saturated carbocycles. The minimum Gasteiger partial charge on any atom is -0.222 e. The maximum atomic E-state index is 11.2. The second kappa shape index (κ2) is 7.50. The highest BCUT2D eigenvalue weighted by atomic mass is 32.2. The smallest absolute Gasteiger partial charge is 0.222 e. The van der Waals surface area contributed by atoms with Gasteiger partial charge in [0.25, 0.3) is 10.0 Å². The van der Waals surface area contributed by atoms with E-state index >= 15 is 0 Å².